The van der Waals surface area contributed by atoms with Crippen molar-refractivity contribution in [3.63, 3.8) is 0 Å². The molecule has 0 aliphatic heterocycles. The van der Waals surface area contributed by atoms with Crippen LogP contribution in [0.1, 0.15) is 18.1 Å². The molecule has 108 valence electrons. The molecule has 0 aliphatic rings. The molecule has 1 N–H and O–H groups in total. The van der Waals surface area contributed by atoms with E-state index in [-0.39, 0.29) is 0 Å². The lowest BCUT2D eigenvalue weighted by Crippen LogP contribution is -2.26. The fraction of sp³-hybridized carbons (Fsp3) is 0.400. The van der Waals surface area contributed by atoms with Crippen molar-refractivity contribution in [2.24, 2.45) is 0 Å². The first-order chi connectivity index (χ1) is 9.66. The highest BCUT2D eigenvalue weighted by atomic mass is 79.9. The maximum absolute atomic E-state index is 10.3. The third-order valence-corrected chi connectivity index (χ3v) is 3.99. The van der Waals surface area contributed by atoms with Gasteiger partial charge in [0.25, 0.3) is 0 Å². The van der Waals surface area contributed by atoms with Gasteiger partial charge in [0.15, 0.2) is 0 Å². The zero-order valence-corrected chi connectivity index (χ0v) is 13.2. The minimum atomic E-state index is -0.469. The molecule has 0 aliphatic carbocycles. The number of hydrogen-bond donors (Lipinski definition) is 1. The second-order valence-corrected chi connectivity index (χ2v) is 5.81. The predicted octanol–water partition coefficient (Wildman–Crippen LogP) is 2.70. The molecule has 5 heteroatoms. The number of benzene rings is 1. The lowest BCUT2D eigenvalue weighted by Gasteiger charge is -2.21. The Hall–Kier alpha value is -1.17. The number of aryl methyl sites for hydroxylation is 1. The number of aliphatic hydroxyl groups excluding tert-OH is 1. The SMILES string of the molecule is CN(CCCn1ccnc1)CC(O)c1ccccc1Br. The Labute approximate surface area is 128 Å². The van der Waals surface area contributed by atoms with E-state index in [0.717, 1.165) is 29.5 Å². The molecule has 2 aromatic rings. The highest BCUT2D eigenvalue weighted by Crippen LogP contribution is 2.23. The minimum absolute atomic E-state index is 0.469. The van der Waals surface area contributed by atoms with Gasteiger partial charge >= 0.3 is 0 Å². The molecule has 1 aromatic heterocycles. The van der Waals surface area contributed by atoms with Crippen LogP contribution in [0.3, 0.4) is 0 Å². The summed E-state index contributed by atoms with van der Waals surface area (Å²) in [5.74, 6) is 0. The molecule has 0 saturated carbocycles. The van der Waals surface area contributed by atoms with E-state index in [0.29, 0.717) is 6.54 Å². The number of nitrogens with zero attached hydrogens (tertiary/aromatic N) is 3. The van der Waals surface area contributed by atoms with Gasteiger partial charge in [0.05, 0.1) is 12.4 Å². The minimum Gasteiger partial charge on any atom is -0.387 e. The van der Waals surface area contributed by atoms with Gasteiger partial charge in [0, 0.05) is 30.0 Å². The normalized spacial score (nSPS) is 12.8. The van der Waals surface area contributed by atoms with E-state index >= 15 is 0 Å². The quantitative estimate of drug-likeness (QED) is 0.844. The van der Waals surface area contributed by atoms with Gasteiger partial charge in [-0.1, -0.05) is 34.1 Å². The van der Waals surface area contributed by atoms with Gasteiger partial charge in [0.1, 0.15) is 0 Å². The summed E-state index contributed by atoms with van der Waals surface area (Å²) in [6, 6.07) is 7.81. The fourth-order valence-electron chi connectivity index (χ4n) is 2.17. The van der Waals surface area contributed by atoms with E-state index in [1.165, 1.54) is 0 Å². The number of aliphatic hydroxyl groups is 1. The average molecular weight is 338 g/mol. The molecule has 0 bridgehead atoms. The number of aromatic nitrogens is 2. The molecule has 0 spiro atoms. The Kier molecular flexibility index (Phi) is 5.76. The summed E-state index contributed by atoms with van der Waals surface area (Å²) in [5.41, 5.74) is 0.939. The van der Waals surface area contributed by atoms with E-state index in [1.54, 1.807) is 6.20 Å². The van der Waals surface area contributed by atoms with Gasteiger partial charge in [-0.15, -0.1) is 0 Å². The van der Waals surface area contributed by atoms with Gasteiger partial charge in [-0.2, -0.15) is 0 Å². The third kappa shape index (κ3) is 4.44. The Balaban J connectivity index is 1.76. The van der Waals surface area contributed by atoms with E-state index in [4.69, 9.17) is 0 Å². The standard InChI is InChI=1S/C15H20BrN3O/c1-18(8-4-9-19-10-7-17-12-19)11-15(20)13-5-2-3-6-14(13)16/h2-3,5-7,10,12,15,20H,4,8-9,11H2,1H3. The van der Waals surface area contributed by atoms with Crippen molar-refractivity contribution in [2.45, 2.75) is 19.1 Å². The van der Waals surface area contributed by atoms with E-state index < -0.39 is 6.10 Å². The summed E-state index contributed by atoms with van der Waals surface area (Å²) in [6.07, 6.45) is 6.16. The smallest absolute Gasteiger partial charge is 0.0945 e. The average Bonchev–Trinajstić information content (AvgIpc) is 2.92. The van der Waals surface area contributed by atoms with E-state index in [9.17, 15) is 5.11 Å². The van der Waals surface area contributed by atoms with Gasteiger partial charge in [-0.05, 0) is 31.6 Å². The highest BCUT2D eigenvalue weighted by Gasteiger charge is 2.12. The van der Waals surface area contributed by atoms with Crippen LogP contribution >= 0.6 is 15.9 Å². The van der Waals surface area contributed by atoms with Crippen LogP contribution in [0, 0.1) is 0 Å². The lowest BCUT2D eigenvalue weighted by molar-refractivity contribution is 0.125. The van der Waals surface area contributed by atoms with Crippen LogP contribution in [0.5, 0.6) is 0 Å². The number of imidazole rings is 1. The van der Waals surface area contributed by atoms with Crippen LogP contribution in [0.2, 0.25) is 0 Å². The summed E-state index contributed by atoms with van der Waals surface area (Å²) in [6.45, 7) is 2.53. The van der Waals surface area contributed by atoms with E-state index in [1.807, 2.05) is 43.8 Å². The molecule has 20 heavy (non-hydrogen) atoms. The second-order valence-electron chi connectivity index (χ2n) is 4.95. The zero-order chi connectivity index (χ0) is 14.4. The van der Waals surface area contributed by atoms with Crippen molar-refractivity contribution in [3.05, 3.63) is 53.0 Å². The summed E-state index contributed by atoms with van der Waals surface area (Å²) >= 11 is 3.48. The fourth-order valence-corrected chi connectivity index (χ4v) is 2.72. The molecular formula is C15H20BrN3O. The molecule has 1 aromatic carbocycles. The summed E-state index contributed by atoms with van der Waals surface area (Å²) in [4.78, 5) is 6.18. The molecule has 4 nitrogen and oxygen atoms in total. The first-order valence-electron chi connectivity index (χ1n) is 6.73. The second kappa shape index (κ2) is 7.57. The Bertz CT molecular complexity index is 516. The van der Waals surface area contributed by atoms with Crippen LogP contribution in [-0.4, -0.2) is 39.7 Å². The van der Waals surface area contributed by atoms with Gasteiger partial charge in [0.2, 0.25) is 0 Å². The number of likely N-dealkylation sites (N-methyl/N-ethyl adjacent to an activating group) is 1. The van der Waals surface area contributed by atoms with Crippen LogP contribution in [-0.2, 0) is 6.54 Å². The molecule has 2 rings (SSSR count). The van der Waals surface area contributed by atoms with Crippen molar-refractivity contribution in [1.82, 2.24) is 14.5 Å². The number of rotatable bonds is 7. The van der Waals surface area contributed by atoms with Crippen molar-refractivity contribution in [2.75, 3.05) is 20.1 Å². The van der Waals surface area contributed by atoms with Gasteiger partial charge < -0.3 is 14.6 Å². The maximum atomic E-state index is 10.3. The van der Waals surface area contributed by atoms with E-state index in [2.05, 4.69) is 30.4 Å². The summed E-state index contributed by atoms with van der Waals surface area (Å²) in [5, 5.41) is 10.3. The van der Waals surface area contributed by atoms with Crippen LogP contribution in [0.25, 0.3) is 0 Å². The molecule has 0 saturated heterocycles. The largest absolute Gasteiger partial charge is 0.387 e. The first kappa shape index (κ1) is 15.2. The van der Waals surface area contributed by atoms with Gasteiger partial charge in [-0.25, -0.2) is 4.98 Å². The van der Waals surface area contributed by atoms with Crippen molar-refractivity contribution >= 4 is 15.9 Å². The number of halogens is 1. The molecule has 1 atom stereocenters. The predicted molar refractivity (Wildman–Crippen MR) is 83.4 cm³/mol. The zero-order valence-electron chi connectivity index (χ0n) is 11.6. The highest BCUT2D eigenvalue weighted by molar-refractivity contribution is 9.10. The van der Waals surface area contributed by atoms with Crippen LogP contribution in [0.15, 0.2) is 47.5 Å². The molecule has 1 unspecified atom stereocenters. The van der Waals surface area contributed by atoms with Crippen molar-refractivity contribution in [3.8, 4) is 0 Å². The Morgan fingerprint density at radius 3 is 2.90 bits per heavy atom. The summed E-state index contributed by atoms with van der Waals surface area (Å²) in [7, 11) is 2.04. The molecule has 0 fully saturated rings. The monoisotopic (exact) mass is 337 g/mol. The van der Waals surface area contributed by atoms with Crippen LogP contribution < -0.4 is 0 Å². The first-order valence-corrected chi connectivity index (χ1v) is 7.53. The third-order valence-electron chi connectivity index (χ3n) is 3.26. The Morgan fingerprint density at radius 2 is 2.20 bits per heavy atom. The van der Waals surface area contributed by atoms with Gasteiger partial charge in [-0.3, -0.25) is 0 Å². The van der Waals surface area contributed by atoms with Crippen molar-refractivity contribution in [1.29, 1.82) is 0 Å². The van der Waals surface area contributed by atoms with Crippen molar-refractivity contribution < 1.29 is 5.11 Å². The molecular weight excluding hydrogens is 318 g/mol. The topological polar surface area (TPSA) is 41.3 Å². The van der Waals surface area contributed by atoms with Crippen LogP contribution in [0.4, 0.5) is 0 Å². The Morgan fingerprint density at radius 1 is 1.40 bits per heavy atom. The molecule has 1 heterocycles. The number of hydrogen-bond acceptors (Lipinski definition) is 3. The molecule has 0 radical (unpaired) electrons. The molecule has 0 amide bonds. The lowest BCUT2D eigenvalue weighted by atomic mass is 10.1. The maximum Gasteiger partial charge on any atom is 0.0945 e. The summed E-state index contributed by atoms with van der Waals surface area (Å²) < 4.78 is 3.03.